The Morgan fingerprint density at radius 3 is 2.38 bits per heavy atom. The van der Waals surface area contributed by atoms with Gasteiger partial charge in [0.1, 0.15) is 11.0 Å². The van der Waals surface area contributed by atoms with Crippen LogP contribution in [0.2, 0.25) is 5.15 Å². The van der Waals surface area contributed by atoms with E-state index in [-0.39, 0.29) is 25.9 Å². The average Bonchev–Trinajstić information content (AvgIpc) is 2.47. The predicted molar refractivity (Wildman–Crippen MR) is 78.9 cm³/mol. The van der Waals surface area contributed by atoms with Crippen molar-refractivity contribution in [1.82, 2.24) is 9.97 Å². The molecule has 1 fully saturated rings. The minimum absolute atomic E-state index is 0.157. The first-order chi connectivity index (χ1) is 10.0. The van der Waals surface area contributed by atoms with Gasteiger partial charge in [-0.05, 0) is 0 Å². The second-order valence-corrected chi connectivity index (χ2v) is 5.47. The van der Waals surface area contributed by atoms with Crippen molar-refractivity contribution in [1.29, 1.82) is 0 Å². The van der Waals surface area contributed by atoms with Gasteiger partial charge in [-0.25, -0.2) is 18.7 Å². The number of rotatable bonds is 2. The molecule has 0 atom stereocenters. The summed E-state index contributed by atoms with van der Waals surface area (Å²) in [6, 6.07) is 11.1. The SMILES string of the molecule is FC1(F)CCN(c2cc(Cl)nc(-c3ccccc3)n2)CC1. The number of alkyl halides is 2. The van der Waals surface area contributed by atoms with E-state index in [2.05, 4.69) is 9.97 Å². The van der Waals surface area contributed by atoms with Gasteiger partial charge in [-0.2, -0.15) is 0 Å². The van der Waals surface area contributed by atoms with Gasteiger partial charge in [0.05, 0.1) is 0 Å². The van der Waals surface area contributed by atoms with Crippen molar-refractivity contribution in [3.05, 3.63) is 41.6 Å². The summed E-state index contributed by atoms with van der Waals surface area (Å²) in [4.78, 5) is 10.5. The van der Waals surface area contributed by atoms with E-state index >= 15 is 0 Å². The average molecular weight is 310 g/mol. The number of nitrogens with zero attached hydrogens (tertiary/aromatic N) is 3. The van der Waals surface area contributed by atoms with Crippen LogP contribution in [0.4, 0.5) is 14.6 Å². The summed E-state index contributed by atoms with van der Waals surface area (Å²) in [5.41, 5.74) is 0.851. The number of anilines is 1. The van der Waals surface area contributed by atoms with Gasteiger partial charge in [-0.3, -0.25) is 0 Å². The van der Waals surface area contributed by atoms with Gasteiger partial charge in [0.25, 0.3) is 5.92 Å². The van der Waals surface area contributed by atoms with Crippen molar-refractivity contribution in [3.8, 4) is 11.4 Å². The maximum atomic E-state index is 13.2. The minimum atomic E-state index is -2.57. The van der Waals surface area contributed by atoms with E-state index in [4.69, 9.17) is 11.6 Å². The Balaban J connectivity index is 1.89. The lowest BCUT2D eigenvalue weighted by Crippen LogP contribution is -2.39. The van der Waals surface area contributed by atoms with Crippen molar-refractivity contribution in [2.24, 2.45) is 0 Å². The number of piperidine rings is 1. The molecule has 2 heterocycles. The molecule has 1 aromatic carbocycles. The third kappa shape index (κ3) is 3.29. The monoisotopic (exact) mass is 309 g/mol. The summed E-state index contributed by atoms with van der Waals surface area (Å²) in [5, 5.41) is 0.316. The van der Waals surface area contributed by atoms with Crippen LogP contribution in [0.15, 0.2) is 36.4 Å². The molecule has 0 spiro atoms. The normalized spacial score (nSPS) is 17.8. The maximum Gasteiger partial charge on any atom is 0.251 e. The summed E-state index contributed by atoms with van der Waals surface area (Å²) >= 11 is 6.05. The molecule has 6 heteroatoms. The molecule has 0 unspecified atom stereocenters. The van der Waals surface area contributed by atoms with E-state index in [0.717, 1.165) is 5.56 Å². The Morgan fingerprint density at radius 1 is 1.05 bits per heavy atom. The van der Waals surface area contributed by atoms with Crippen LogP contribution in [0.5, 0.6) is 0 Å². The number of hydrogen-bond acceptors (Lipinski definition) is 3. The molecule has 0 bridgehead atoms. The van der Waals surface area contributed by atoms with Gasteiger partial charge in [0, 0.05) is 37.6 Å². The zero-order chi connectivity index (χ0) is 14.9. The second kappa shape index (κ2) is 5.56. The van der Waals surface area contributed by atoms with Crippen LogP contribution in [0.3, 0.4) is 0 Å². The smallest absolute Gasteiger partial charge is 0.251 e. The van der Waals surface area contributed by atoms with Crippen LogP contribution < -0.4 is 4.90 Å². The number of aromatic nitrogens is 2. The summed E-state index contributed by atoms with van der Waals surface area (Å²) in [6.45, 7) is 0.545. The van der Waals surface area contributed by atoms with Crippen molar-refractivity contribution in [3.63, 3.8) is 0 Å². The molecule has 0 radical (unpaired) electrons. The lowest BCUT2D eigenvalue weighted by Gasteiger charge is -2.32. The van der Waals surface area contributed by atoms with Crippen molar-refractivity contribution >= 4 is 17.4 Å². The molecule has 0 aliphatic carbocycles. The van der Waals surface area contributed by atoms with Crippen LogP contribution >= 0.6 is 11.6 Å². The highest BCUT2D eigenvalue weighted by molar-refractivity contribution is 6.29. The van der Waals surface area contributed by atoms with Crippen molar-refractivity contribution in [2.75, 3.05) is 18.0 Å². The molecular formula is C15H14ClF2N3. The molecule has 1 saturated heterocycles. The summed E-state index contributed by atoms with van der Waals surface area (Å²) in [6.07, 6.45) is -0.315. The van der Waals surface area contributed by atoms with Crippen LogP contribution in [0, 0.1) is 0 Å². The fourth-order valence-corrected chi connectivity index (χ4v) is 2.52. The van der Waals surface area contributed by atoms with Crippen molar-refractivity contribution < 1.29 is 8.78 Å². The van der Waals surface area contributed by atoms with E-state index in [1.165, 1.54) is 0 Å². The zero-order valence-electron chi connectivity index (χ0n) is 11.3. The number of benzene rings is 1. The molecule has 0 saturated carbocycles. The van der Waals surface area contributed by atoms with Gasteiger partial charge in [0.2, 0.25) is 0 Å². The first kappa shape index (κ1) is 14.2. The topological polar surface area (TPSA) is 29.0 Å². The highest BCUT2D eigenvalue weighted by Gasteiger charge is 2.34. The molecule has 3 rings (SSSR count). The standard InChI is InChI=1S/C15H14ClF2N3/c16-12-10-13(21-8-6-15(17,18)7-9-21)20-14(19-12)11-4-2-1-3-5-11/h1-5,10H,6-9H2. The van der Waals surface area contributed by atoms with E-state index in [9.17, 15) is 8.78 Å². The fraction of sp³-hybridized carbons (Fsp3) is 0.333. The molecule has 21 heavy (non-hydrogen) atoms. The van der Waals surface area contributed by atoms with E-state index in [0.29, 0.717) is 16.8 Å². The fourth-order valence-electron chi connectivity index (χ4n) is 2.35. The third-order valence-electron chi connectivity index (χ3n) is 3.53. The number of hydrogen-bond donors (Lipinski definition) is 0. The number of halogens is 3. The molecule has 3 nitrogen and oxygen atoms in total. The lowest BCUT2D eigenvalue weighted by atomic mass is 10.1. The van der Waals surface area contributed by atoms with E-state index < -0.39 is 5.92 Å². The largest absolute Gasteiger partial charge is 0.356 e. The van der Waals surface area contributed by atoms with E-state index in [1.807, 2.05) is 35.2 Å². The Bertz CT molecular complexity index is 624. The van der Waals surface area contributed by atoms with Gasteiger partial charge in [-0.1, -0.05) is 41.9 Å². The van der Waals surface area contributed by atoms with Gasteiger partial charge >= 0.3 is 0 Å². The second-order valence-electron chi connectivity index (χ2n) is 5.08. The molecular weight excluding hydrogens is 296 g/mol. The molecule has 1 aliphatic heterocycles. The van der Waals surface area contributed by atoms with Crippen molar-refractivity contribution in [2.45, 2.75) is 18.8 Å². The molecule has 1 aliphatic rings. The molecule has 2 aromatic rings. The van der Waals surface area contributed by atoms with Gasteiger partial charge in [0.15, 0.2) is 5.82 Å². The highest BCUT2D eigenvalue weighted by Crippen LogP contribution is 2.31. The summed E-state index contributed by atoms with van der Waals surface area (Å²) in [7, 11) is 0. The Morgan fingerprint density at radius 2 is 1.71 bits per heavy atom. The first-order valence-corrected chi connectivity index (χ1v) is 7.14. The Hall–Kier alpha value is -1.75. The molecule has 110 valence electrons. The highest BCUT2D eigenvalue weighted by atomic mass is 35.5. The van der Waals surface area contributed by atoms with Gasteiger partial charge in [-0.15, -0.1) is 0 Å². The van der Waals surface area contributed by atoms with Gasteiger partial charge < -0.3 is 4.90 Å². The maximum absolute atomic E-state index is 13.2. The third-order valence-corrected chi connectivity index (χ3v) is 3.73. The molecule has 1 aromatic heterocycles. The van der Waals surface area contributed by atoms with E-state index in [1.54, 1.807) is 6.07 Å². The molecule has 0 amide bonds. The zero-order valence-corrected chi connectivity index (χ0v) is 12.0. The molecule has 0 N–H and O–H groups in total. The quantitative estimate of drug-likeness (QED) is 0.784. The summed E-state index contributed by atoms with van der Waals surface area (Å²) in [5.74, 6) is -1.46. The lowest BCUT2D eigenvalue weighted by molar-refractivity contribution is -0.0221. The Labute approximate surface area is 126 Å². The predicted octanol–water partition coefficient (Wildman–Crippen LogP) is 4.03. The minimum Gasteiger partial charge on any atom is -0.356 e. The van der Waals surface area contributed by atoms with Crippen LogP contribution in [-0.4, -0.2) is 29.0 Å². The Kier molecular flexibility index (Phi) is 3.76. The van der Waals surface area contributed by atoms with Crippen LogP contribution in [-0.2, 0) is 0 Å². The van der Waals surface area contributed by atoms with Crippen LogP contribution in [0.1, 0.15) is 12.8 Å². The first-order valence-electron chi connectivity index (χ1n) is 6.76. The summed E-state index contributed by atoms with van der Waals surface area (Å²) < 4.78 is 26.5. The van der Waals surface area contributed by atoms with Crippen LogP contribution in [0.25, 0.3) is 11.4 Å².